The third kappa shape index (κ3) is 5.75. The predicted molar refractivity (Wildman–Crippen MR) is 91.1 cm³/mol. The summed E-state index contributed by atoms with van der Waals surface area (Å²) in [6, 6.07) is 5.89. The van der Waals surface area contributed by atoms with Crippen LogP contribution in [0.25, 0.3) is 0 Å². The smallest absolute Gasteiger partial charge is 0.323 e. The number of carboxylic acids is 1. The standard InChI is InChI=1S/C18H29NO4/c1-5-22-15-9-7-8-14(16(15)23-6-2)11-10-13(3)12-18(4,19)17(20)21/h7-9,13H,5-6,10-12,19H2,1-4H3,(H,20,21). The summed E-state index contributed by atoms with van der Waals surface area (Å²) in [5.41, 5.74) is 5.72. The second kappa shape index (κ2) is 8.77. The zero-order valence-electron chi connectivity index (χ0n) is 14.6. The van der Waals surface area contributed by atoms with E-state index in [1.807, 2.05) is 39.0 Å². The molecule has 0 radical (unpaired) electrons. The Balaban J connectivity index is 2.77. The summed E-state index contributed by atoms with van der Waals surface area (Å²) >= 11 is 0. The highest BCUT2D eigenvalue weighted by Gasteiger charge is 2.29. The molecule has 0 aliphatic heterocycles. The maximum Gasteiger partial charge on any atom is 0.323 e. The van der Waals surface area contributed by atoms with Gasteiger partial charge in [-0.3, -0.25) is 4.79 Å². The lowest BCUT2D eigenvalue weighted by Crippen LogP contribution is -2.46. The van der Waals surface area contributed by atoms with Gasteiger partial charge in [-0.1, -0.05) is 19.1 Å². The van der Waals surface area contributed by atoms with Gasteiger partial charge >= 0.3 is 5.97 Å². The topological polar surface area (TPSA) is 81.8 Å². The molecule has 1 rings (SSSR count). The van der Waals surface area contributed by atoms with E-state index in [2.05, 4.69) is 0 Å². The molecule has 5 nitrogen and oxygen atoms in total. The highest BCUT2D eigenvalue weighted by molar-refractivity contribution is 5.77. The quantitative estimate of drug-likeness (QED) is 0.691. The van der Waals surface area contributed by atoms with E-state index in [0.717, 1.165) is 29.9 Å². The van der Waals surface area contributed by atoms with Crippen LogP contribution in [0.2, 0.25) is 0 Å². The molecule has 5 heteroatoms. The Morgan fingerprint density at radius 3 is 2.52 bits per heavy atom. The second-order valence-corrected chi connectivity index (χ2v) is 6.18. The van der Waals surface area contributed by atoms with Gasteiger partial charge in [0.25, 0.3) is 0 Å². The minimum absolute atomic E-state index is 0.200. The number of rotatable bonds is 10. The Morgan fingerprint density at radius 1 is 1.30 bits per heavy atom. The van der Waals surface area contributed by atoms with Gasteiger partial charge < -0.3 is 20.3 Å². The monoisotopic (exact) mass is 323 g/mol. The summed E-state index contributed by atoms with van der Waals surface area (Å²) in [4.78, 5) is 11.1. The van der Waals surface area contributed by atoms with Crippen LogP contribution in [0.15, 0.2) is 18.2 Å². The molecular weight excluding hydrogens is 294 g/mol. The van der Waals surface area contributed by atoms with Crippen molar-refractivity contribution >= 4 is 5.97 Å². The van der Waals surface area contributed by atoms with Gasteiger partial charge in [-0.15, -0.1) is 0 Å². The van der Waals surface area contributed by atoms with Crippen molar-refractivity contribution in [2.75, 3.05) is 13.2 Å². The first kappa shape index (κ1) is 19.3. The normalized spacial score (nSPS) is 14.8. The number of hydrogen-bond acceptors (Lipinski definition) is 4. The molecular formula is C18H29NO4. The van der Waals surface area contributed by atoms with Crippen molar-refractivity contribution in [2.45, 2.75) is 52.5 Å². The average Bonchev–Trinajstić information content (AvgIpc) is 2.47. The molecule has 0 aliphatic rings. The third-order valence-corrected chi connectivity index (χ3v) is 3.82. The molecule has 0 heterocycles. The number of carbonyl (C=O) groups is 1. The molecule has 23 heavy (non-hydrogen) atoms. The summed E-state index contributed by atoms with van der Waals surface area (Å²) in [7, 11) is 0. The van der Waals surface area contributed by atoms with Crippen LogP contribution in [0.4, 0.5) is 0 Å². The van der Waals surface area contributed by atoms with Crippen molar-refractivity contribution in [3.63, 3.8) is 0 Å². The SMILES string of the molecule is CCOc1cccc(CCC(C)CC(C)(N)C(=O)O)c1OCC. The van der Waals surface area contributed by atoms with Crippen molar-refractivity contribution in [3.05, 3.63) is 23.8 Å². The predicted octanol–water partition coefficient (Wildman–Crippen LogP) is 3.24. The van der Waals surface area contributed by atoms with E-state index >= 15 is 0 Å². The van der Waals surface area contributed by atoms with Crippen LogP contribution >= 0.6 is 0 Å². The van der Waals surface area contributed by atoms with Crippen LogP contribution in [0.5, 0.6) is 11.5 Å². The van der Waals surface area contributed by atoms with E-state index in [4.69, 9.17) is 20.3 Å². The minimum Gasteiger partial charge on any atom is -0.490 e. The number of hydrogen-bond donors (Lipinski definition) is 2. The van der Waals surface area contributed by atoms with E-state index < -0.39 is 11.5 Å². The molecule has 3 N–H and O–H groups in total. The fraction of sp³-hybridized carbons (Fsp3) is 0.611. The van der Waals surface area contributed by atoms with Crippen LogP contribution in [0, 0.1) is 5.92 Å². The zero-order chi connectivity index (χ0) is 17.5. The molecule has 0 amide bonds. The lowest BCUT2D eigenvalue weighted by Gasteiger charge is -2.23. The first-order chi connectivity index (χ1) is 10.8. The van der Waals surface area contributed by atoms with Crippen LogP contribution in [0.3, 0.4) is 0 Å². The highest BCUT2D eigenvalue weighted by Crippen LogP contribution is 2.33. The number of ether oxygens (including phenoxy) is 2. The van der Waals surface area contributed by atoms with E-state index in [0.29, 0.717) is 19.6 Å². The average molecular weight is 323 g/mol. The first-order valence-corrected chi connectivity index (χ1v) is 8.21. The highest BCUT2D eigenvalue weighted by atomic mass is 16.5. The molecule has 2 atom stereocenters. The van der Waals surface area contributed by atoms with Crippen molar-refractivity contribution in [1.29, 1.82) is 0 Å². The maximum absolute atomic E-state index is 11.1. The number of para-hydroxylation sites is 1. The molecule has 0 bridgehead atoms. The van der Waals surface area contributed by atoms with Crippen LogP contribution in [-0.4, -0.2) is 29.8 Å². The molecule has 1 aromatic carbocycles. The summed E-state index contributed by atoms with van der Waals surface area (Å²) in [5, 5.41) is 9.12. The van der Waals surface area contributed by atoms with Gasteiger partial charge in [0.15, 0.2) is 11.5 Å². The Kier molecular flexibility index (Phi) is 7.36. The third-order valence-electron chi connectivity index (χ3n) is 3.82. The first-order valence-electron chi connectivity index (χ1n) is 8.21. The number of nitrogens with two attached hydrogens (primary N) is 1. The van der Waals surface area contributed by atoms with E-state index in [9.17, 15) is 4.79 Å². The van der Waals surface area contributed by atoms with Crippen molar-refractivity contribution in [3.8, 4) is 11.5 Å². The molecule has 0 saturated heterocycles. The van der Waals surface area contributed by atoms with Gasteiger partial charge in [0.1, 0.15) is 5.54 Å². The van der Waals surface area contributed by atoms with Gasteiger partial charge in [-0.05, 0) is 57.6 Å². The maximum atomic E-state index is 11.1. The fourth-order valence-electron chi connectivity index (χ4n) is 2.65. The molecule has 0 saturated carbocycles. The molecule has 130 valence electrons. The van der Waals surface area contributed by atoms with E-state index in [1.54, 1.807) is 6.92 Å². The lowest BCUT2D eigenvalue weighted by atomic mass is 9.87. The fourth-order valence-corrected chi connectivity index (χ4v) is 2.65. The van der Waals surface area contributed by atoms with Crippen molar-refractivity contribution < 1.29 is 19.4 Å². The summed E-state index contributed by atoms with van der Waals surface area (Å²) in [6.07, 6.45) is 2.08. The van der Waals surface area contributed by atoms with Crippen molar-refractivity contribution in [2.24, 2.45) is 11.7 Å². The van der Waals surface area contributed by atoms with Gasteiger partial charge in [0.05, 0.1) is 13.2 Å². The van der Waals surface area contributed by atoms with Crippen LogP contribution < -0.4 is 15.2 Å². The van der Waals surface area contributed by atoms with E-state index in [1.165, 1.54) is 0 Å². The Morgan fingerprint density at radius 2 is 1.96 bits per heavy atom. The molecule has 0 spiro atoms. The van der Waals surface area contributed by atoms with Gasteiger partial charge in [0.2, 0.25) is 0 Å². The Bertz CT molecular complexity index is 514. The molecule has 0 aliphatic carbocycles. The summed E-state index contributed by atoms with van der Waals surface area (Å²) in [5.74, 6) is 0.788. The molecule has 1 aromatic rings. The molecule has 0 fully saturated rings. The molecule has 0 aromatic heterocycles. The number of carboxylic acid groups (broad SMARTS) is 1. The number of aliphatic carboxylic acids is 1. The Labute approximate surface area is 138 Å². The van der Waals surface area contributed by atoms with E-state index in [-0.39, 0.29) is 5.92 Å². The second-order valence-electron chi connectivity index (χ2n) is 6.18. The minimum atomic E-state index is -1.19. The Hall–Kier alpha value is -1.75. The zero-order valence-corrected chi connectivity index (χ0v) is 14.6. The number of aryl methyl sites for hydroxylation is 1. The largest absolute Gasteiger partial charge is 0.490 e. The van der Waals surface area contributed by atoms with Crippen molar-refractivity contribution in [1.82, 2.24) is 0 Å². The lowest BCUT2D eigenvalue weighted by molar-refractivity contribution is -0.143. The number of benzene rings is 1. The van der Waals surface area contributed by atoms with Gasteiger partial charge in [0, 0.05) is 0 Å². The molecule has 2 unspecified atom stereocenters. The van der Waals surface area contributed by atoms with Crippen LogP contribution in [-0.2, 0) is 11.2 Å². The summed E-state index contributed by atoms with van der Waals surface area (Å²) < 4.78 is 11.4. The summed E-state index contributed by atoms with van der Waals surface area (Å²) in [6.45, 7) is 8.64. The van der Waals surface area contributed by atoms with Crippen LogP contribution in [0.1, 0.15) is 46.1 Å². The van der Waals surface area contributed by atoms with Gasteiger partial charge in [-0.2, -0.15) is 0 Å². The van der Waals surface area contributed by atoms with Gasteiger partial charge in [-0.25, -0.2) is 0 Å².